The Hall–Kier alpha value is -4.00. The van der Waals surface area contributed by atoms with Gasteiger partial charge >= 0.3 is 0 Å². The lowest BCUT2D eigenvalue weighted by molar-refractivity contribution is 0.590. The zero-order valence-corrected chi connectivity index (χ0v) is 20.1. The second-order valence-corrected chi connectivity index (χ2v) is 11.3. The number of fused-ring (bicyclic) bond motifs is 6. The quantitative estimate of drug-likeness (QED) is 0.258. The van der Waals surface area contributed by atoms with Gasteiger partial charge in [0.1, 0.15) is 0 Å². The lowest BCUT2D eigenvalue weighted by Crippen LogP contribution is -2.13. The molecule has 0 amide bonds. The molecule has 0 aliphatic carbocycles. The molecule has 4 nitrogen and oxygen atoms in total. The largest absolute Gasteiger partial charge is 0.268 e. The fourth-order valence-corrected chi connectivity index (χ4v) is 7.49. The maximum Gasteiger partial charge on any atom is 0.268 e. The Balaban J connectivity index is 1.71. The molecule has 7 rings (SSSR count). The highest BCUT2D eigenvalue weighted by Crippen LogP contribution is 2.43. The van der Waals surface area contributed by atoms with Crippen molar-refractivity contribution in [1.29, 1.82) is 0 Å². The van der Waals surface area contributed by atoms with Crippen molar-refractivity contribution < 1.29 is 8.42 Å². The van der Waals surface area contributed by atoms with Gasteiger partial charge in [0, 0.05) is 20.9 Å². The van der Waals surface area contributed by atoms with E-state index in [4.69, 9.17) is 4.98 Å². The second-order valence-electron chi connectivity index (χ2n) is 8.45. The van der Waals surface area contributed by atoms with E-state index in [1.54, 1.807) is 35.6 Å². The number of nitrogens with zero attached hydrogens (tertiary/aromatic N) is 2. The highest BCUT2D eigenvalue weighted by atomic mass is 32.2. The number of thiophene rings is 1. The van der Waals surface area contributed by atoms with Crippen molar-refractivity contribution >= 4 is 64.2 Å². The molecule has 0 atom stereocenters. The second kappa shape index (κ2) is 7.50. The van der Waals surface area contributed by atoms with Crippen molar-refractivity contribution in [3.63, 3.8) is 0 Å². The van der Waals surface area contributed by atoms with Crippen LogP contribution in [0.5, 0.6) is 0 Å². The highest BCUT2D eigenvalue weighted by molar-refractivity contribution is 7.90. The summed E-state index contributed by atoms with van der Waals surface area (Å²) >= 11 is 1.67. The summed E-state index contributed by atoms with van der Waals surface area (Å²) in [6.45, 7) is 0. The van der Waals surface area contributed by atoms with E-state index in [0.717, 1.165) is 37.6 Å². The third kappa shape index (κ3) is 2.97. The SMILES string of the molecule is O=S(=O)(c1ccccc1)n1c2ccccc2c2c(-c3cc4ccccc4s3)nc3ccccc3c21. The highest BCUT2D eigenvalue weighted by Gasteiger charge is 2.27. The standard InChI is InChI=1S/C29H18N2O2S2/c32-35(33,20-11-2-1-3-12-20)31-24-16-8-6-14-22(24)27-28(26-18-19-10-4-9-17-25(19)34-26)30-23-15-7-5-13-21(23)29(27)31/h1-18H. The number of aromatic nitrogens is 2. The summed E-state index contributed by atoms with van der Waals surface area (Å²) in [4.78, 5) is 6.36. The van der Waals surface area contributed by atoms with Gasteiger partial charge in [-0.15, -0.1) is 11.3 Å². The number of pyridine rings is 1. The first-order valence-corrected chi connectivity index (χ1v) is 13.5. The third-order valence-corrected chi connectivity index (χ3v) is 9.25. The smallest absolute Gasteiger partial charge is 0.246 e. The Bertz CT molecular complexity index is 1990. The van der Waals surface area contributed by atoms with Gasteiger partial charge in [0.05, 0.1) is 32.0 Å². The van der Waals surface area contributed by atoms with Gasteiger partial charge in [-0.2, -0.15) is 0 Å². The average molecular weight is 491 g/mol. The number of rotatable bonds is 3. The van der Waals surface area contributed by atoms with Crippen LogP contribution in [0.15, 0.2) is 114 Å². The molecule has 3 heterocycles. The minimum absolute atomic E-state index is 0.256. The van der Waals surface area contributed by atoms with Crippen LogP contribution in [0.3, 0.4) is 0 Å². The summed E-state index contributed by atoms with van der Waals surface area (Å²) < 4.78 is 30.9. The predicted octanol–water partition coefficient (Wildman–Crippen LogP) is 7.46. The van der Waals surface area contributed by atoms with Crippen LogP contribution < -0.4 is 0 Å². The maximum absolute atomic E-state index is 14.1. The summed E-state index contributed by atoms with van der Waals surface area (Å²) in [6.07, 6.45) is 0. The molecular formula is C29H18N2O2S2. The zero-order valence-electron chi connectivity index (χ0n) is 18.4. The monoisotopic (exact) mass is 490 g/mol. The molecule has 3 aromatic heterocycles. The molecule has 0 fully saturated rings. The molecule has 0 saturated carbocycles. The van der Waals surface area contributed by atoms with E-state index >= 15 is 0 Å². The van der Waals surface area contributed by atoms with Crippen LogP contribution in [0, 0.1) is 0 Å². The van der Waals surface area contributed by atoms with Gasteiger partial charge < -0.3 is 0 Å². The van der Waals surface area contributed by atoms with E-state index in [1.807, 2.05) is 66.7 Å². The van der Waals surface area contributed by atoms with Crippen molar-refractivity contribution in [3.8, 4) is 10.6 Å². The van der Waals surface area contributed by atoms with Crippen molar-refractivity contribution in [2.75, 3.05) is 0 Å². The van der Waals surface area contributed by atoms with E-state index < -0.39 is 10.0 Å². The first-order chi connectivity index (χ1) is 17.1. The lowest BCUT2D eigenvalue weighted by atomic mass is 10.1. The first-order valence-electron chi connectivity index (χ1n) is 11.2. The summed E-state index contributed by atoms with van der Waals surface area (Å²) in [6, 6.07) is 34.5. The van der Waals surface area contributed by atoms with Crippen molar-refractivity contribution in [3.05, 3.63) is 109 Å². The van der Waals surface area contributed by atoms with Crippen LogP contribution in [-0.4, -0.2) is 17.4 Å². The van der Waals surface area contributed by atoms with Gasteiger partial charge in [0.15, 0.2) is 0 Å². The van der Waals surface area contributed by atoms with Crippen LogP contribution in [0.25, 0.3) is 53.4 Å². The Morgan fingerprint density at radius 1 is 0.714 bits per heavy atom. The summed E-state index contributed by atoms with van der Waals surface area (Å²) in [5.41, 5.74) is 2.87. The fourth-order valence-electron chi connectivity index (χ4n) is 4.87. The van der Waals surface area contributed by atoms with E-state index in [0.29, 0.717) is 11.0 Å². The minimum atomic E-state index is -3.87. The van der Waals surface area contributed by atoms with Crippen LogP contribution in [0.2, 0.25) is 0 Å². The van der Waals surface area contributed by atoms with Gasteiger partial charge in [-0.05, 0) is 41.8 Å². The van der Waals surface area contributed by atoms with E-state index in [9.17, 15) is 8.42 Å². The van der Waals surface area contributed by atoms with Gasteiger partial charge in [0.25, 0.3) is 10.0 Å². The van der Waals surface area contributed by atoms with Gasteiger partial charge in [-0.25, -0.2) is 17.4 Å². The van der Waals surface area contributed by atoms with E-state index in [1.165, 1.54) is 8.67 Å². The van der Waals surface area contributed by atoms with Crippen molar-refractivity contribution in [1.82, 2.24) is 8.96 Å². The van der Waals surface area contributed by atoms with Crippen molar-refractivity contribution in [2.45, 2.75) is 4.90 Å². The molecule has 0 unspecified atom stereocenters. The molecule has 4 aromatic carbocycles. The molecule has 0 aliphatic heterocycles. The molecule has 0 aliphatic rings. The van der Waals surface area contributed by atoms with Crippen LogP contribution in [0.4, 0.5) is 0 Å². The molecular weight excluding hydrogens is 472 g/mol. The fraction of sp³-hybridized carbons (Fsp3) is 0. The summed E-state index contributed by atoms with van der Waals surface area (Å²) in [7, 11) is -3.87. The molecule has 0 spiro atoms. The normalized spacial score (nSPS) is 12.2. The number of benzene rings is 4. The van der Waals surface area contributed by atoms with E-state index in [-0.39, 0.29) is 4.90 Å². The van der Waals surface area contributed by atoms with E-state index in [2.05, 4.69) is 18.2 Å². The van der Waals surface area contributed by atoms with Crippen LogP contribution >= 0.6 is 11.3 Å². The topological polar surface area (TPSA) is 52.0 Å². The van der Waals surface area contributed by atoms with Gasteiger partial charge in [-0.1, -0.05) is 72.8 Å². The summed E-state index contributed by atoms with van der Waals surface area (Å²) in [5, 5.41) is 3.68. The molecule has 0 saturated heterocycles. The Kier molecular flexibility index (Phi) is 4.37. The molecule has 6 heteroatoms. The van der Waals surface area contributed by atoms with Crippen molar-refractivity contribution in [2.24, 2.45) is 0 Å². The minimum Gasteiger partial charge on any atom is -0.246 e. The van der Waals surface area contributed by atoms with Crippen LogP contribution in [0.1, 0.15) is 0 Å². The van der Waals surface area contributed by atoms with Gasteiger partial charge in [0.2, 0.25) is 0 Å². The lowest BCUT2D eigenvalue weighted by Gasteiger charge is -2.11. The summed E-state index contributed by atoms with van der Waals surface area (Å²) in [5.74, 6) is 0. The number of hydrogen-bond acceptors (Lipinski definition) is 4. The Morgan fingerprint density at radius 3 is 2.23 bits per heavy atom. The molecule has 35 heavy (non-hydrogen) atoms. The third-order valence-electron chi connectivity index (χ3n) is 6.40. The van der Waals surface area contributed by atoms with Gasteiger partial charge in [-0.3, -0.25) is 0 Å². The average Bonchev–Trinajstić information content (AvgIpc) is 3.49. The molecule has 0 bridgehead atoms. The van der Waals surface area contributed by atoms with Crippen LogP contribution in [-0.2, 0) is 10.0 Å². The zero-order chi connectivity index (χ0) is 23.6. The maximum atomic E-state index is 14.1. The molecule has 0 radical (unpaired) electrons. The Morgan fingerprint density at radius 2 is 1.40 bits per heavy atom. The molecule has 7 aromatic rings. The number of hydrogen-bond donors (Lipinski definition) is 0. The molecule has 168 valence electrons. The first kappa shape index (κ1) is 20.4. The number of para-hydroxylation sites is 2. The molecule has 0 N–H and O–H groups in total. The predicted molar refractivity (Wildman–Crippen MR) is 145 cm³/mol. The Labute approximate surface area is 205 Å².